The fourth-order valence-electron chi connectivity index (χ4n) is 3.64. The fraction of sp³-hybridized carbons (Fsp3) is 0.368. The monoisotopic (exact) mass is 327 g/mol. The first-order valence-corrected chi connectivity index (χ1v) is 8.19. The number of benzene rings is 1. The molecule has 5 heteroatoms. The molecule has 0 unspecified atom stereocenters. The molecule has 2 fully saturated rings. The van der Waals surface area contributed by atoms with Crippen LogP contribution < -0.4 is 4.74 Å². The first-order chi connectivity index (χ1) is 11.7. The minimum atomic E-state index is -0.514. The molecule has 124 valence electrons. The summed E-state index contributed by atoms with van der Waals surface area (Å²) in [6.07, 6.45) is 3.96. The Labute approximate surface area is 139 Å². The zero-order valence-corrected chi connectivity index (χ0v) is 13.4. The summed E-state index contributed by atoms with van der Waals surface area (Å²) in [5, 5.41) is 0. The smallest absolute Gasteiger partial charge is 0.356 e. The number of nitrogens with zero attached hydrogens (tertiary/aromatic N) is 1. The molecule has 0 aliphatic heterocycles. The Hall–Kier alpha value is -2.43. The lowest BCUT2D eigenvalue weighted by atomic mass is 10.1. The molecule has 2 aromatic rings. The molecule has 1 aromatic carbocycles. The predicted molar refractivity (Wildman–Crippen MR) is 86.2 cm³/mol. The highest BCUT2D eigenvalue weighted by Gasteiger charge is 2.54. The molecule has 0 bridgehead atoms. The highest BCUT2D eigenvalue weighted by molar-refractivity contribution is 5.88. The molecule has 1 aromatic heterocycles. The lowest BCUT2D eigenvalue weighted by molar-refractivity contribution is 0.0593. The van der Waals surface area contributed by atoms with E-state index in [-0.39, 0.29) is 17.6 Å². The number of ether oxygens (including phenoxy) is 2. The van der Waals surface area contributed by atoms with E-state index in [1.165, 1.54) is 38.5 Å². The van der Waals surface area contributed by atoms with Gasteiger partial charge in [0.25, 0.3) is 0 Å². The van der Waals surface area contributed by atoms with E-state index in [4.69, 9.17) is 9.47 Å². The van der Waals surface area contributed by atoms with E-state index in [1.54, 1.807) is 24.3 Å². The molecule has 2 aliphatic carbocycles. The van der Waals surface area contributed by atoms with E-state index in [9.17, 15) is 9.18 Å². The summed E-state index contributed by atoms with van der Waals surface area (Å²) in [5.41, 5.74) is 1.49. The zero-order chi connectivity index (χ0) is 16.7. The van der Waals surface area contributed by atoms with Crippen molar-refractivity contribution in [3.63, 3.8) is 0 Å². The van der Waals surface area contributed by atoms with Crippen LogP contribution in [0.2, 0.25) is 0 Å². The van der Waals surface area contributed by atoms with Crippen LogP contribution in [0.25, 0.3) is 11.3 Å². The standard InChI is InChI=1S/C19H18FNO3/c1-23-19(22)17-10-13(24-18-14-3-2-4-15(14)18)9-16(21-17)11-5-7-12(20)8-6-11/h5-10,14-15,18H,2-4H2,1H3/t14-,15+,18+. The van der Waals surface area contributed by atoms with Crippen LogP contribution in [0.1, 0.15) is 29.8 Å². The van der Waals surface area contributed by atoms with Crippen molar-refractivity contribution in [2.24, 2.45) is 11.8 Å². The van der Waals surface area contributed by atoms with Gasteiger partial charge in [-0.2, -0.15) is 0 Å². The van der Waals surface area contributed by atoms with Gasteiger partial charge in [0.15, 0.2) is 5.69 Å². The largest absolute Gasteiger partial charge is 0.490 e. The van der Waals surface area contributed by atoms with Crippen LogP contribution in [-0.2, 0) is 4.74 Å². The van der Waals surface area contributed by atoms with Crippen molar-refractivity contribution in [3.8, 4) is 17.0 Å². The lowest BCUT2D eigenvalue weighted by Gasteiger charge is -2.11. The van der Waals surface area contributed by atoms with Crippen molar-refractivity contribution in [1.29, 1.82) is 0 Å². The molecule has 0 radical (unpaired) electrons. The Balaban J connectivity index is 1.66. The SMILES string of the molecule is COC(=O)c1cc(O[C@H]2[C@@H]3CCC[C@@H]32)cc(-c2ccc(F)cc2)n1. The number of methoxy groups -OCH3 is 1. The van der Waals surface area contributed by atoms with Gasteiger partial charge in [-0.05, 0) is 37.1 Å². The number of halogens is 1. The number of carbonyl (C=O) groups excluding carboxylic acids is 1. The Morgan fingerprint density at radius 2 is 1.88 bits per heavy atom. The van der Waals surface area contributed by atoms with E-state index in [0.29, 0.717) is 23.3 Å². The Morgan fingerprint density at radius 1 is 1.17 bits per heavy atom. The maximum absolute atomic E-state index is 13.1. The Bertz CT molecular complexity index is 765. The highest BCUT2D eigenvalue weighted by atomic mass is 19.1. The van der Waals surface area contributed by atoms with Crippen LogP contribution in [0.4, 0.5) is 4.39 Å². The molecule has 1 heterocycles. The molecule has 24 heavy (non-hydrogen) atoms. The highest BCUT2D eigenvalue weighted by Crippen LogP contribution is 2.53. The fourth-order valence-corrected chi connectivity index (χ4v) is 3.64. The van der Waals surface area contributed by atoms with Gasteiger partial charge < -0.3 is 9.47 Å². The van der Waals surface area contributed by atoms with Crippen LogP contribution in [-0.4, -0.2) is 24.2 Å². The predicted octanol–water partition coefficient (Wildman–Crippen LogP) is 3.85. The molecule has 0 spiro atoms. The number of fused-ring (bicyclic) bond motifs is 1. The van der Waals surface area contributed by atoms with Gasteiger partial charge in [0.1, 0.15) is 17.7 Å². The average Bonchev–Trinajstić information content (AvgIpc) is 3.03. The van der Waals surface area contributed by atoms with E-state index >= 15 is 0 Å². The molecule has 0 saturated heterocycles. The van der Waals surface area contributed by atoms with Crippen molar-refractivity contribution in [2.75, 3.05) is 7.11 Å². The molecule has 4 rings (SSSR count). The summed E-state index contributed by atoms with van der Waals surface area (Å²) in [6.45, 7) is 0. The summed E-state index contributed by atoms with van der Waals surface area (Å²) in [7, 11) is 1.32. The third-order valence-corrected chi connectivity index (χ3v) is 4.93. The lowest BCUT2D eigenvalue weighted by Crippen LogP contribution is -2.09. The van der Waals surface area contributed by atoms with Crippen LogP contribution >= 0.6 is 0 Å². The summed E-state index contributed by atoms with van der Waals surface area (Å²) in [4.78, 5) is 16.2. The van der Waals surface area contributed by atoms with Crippen LogP contribution in [0.15, 0.2) is 36.4 Å². The van der Waals surface area contributed by atoms with Gasteiger partial charge in [-0.1, -0.05) is 6.42 Å². The maximum Gasteiger partial charge on any atom is 0.356 e. The summed E-state index contributed by atoms with van der Waals surface area (Å²) in [5.74, 6) is 1.08. The number of pyridine rings is 1. The second-order valence-corrected chi connectivity index (χ2v) is 6.41. The van der Waals surface area contributed by atoms with Gasteiger partial charge in [0.2, 0.25) is 0 Å². The topological polar surface area (TPSA) is 48.4 Å². The van der Waals surface area contributed by atoms with Gasteiger partial charge in [0, 0.05) is 29.5 Å². The minimum Gasteiger partial charge on any atom is -0.490 e. The number of hydrogen-bond acceptors (Lipinski definition) is 4. The zero-order valence-electron chi connectivity index (χ0n) is 13.4. The Morgan fingerprint density at radius 3 is 2.54 bits per heavy atom. The summed E-state index contributed by atoms with van der Waals surface area (Å²) < 4.78 is 24.0. The third-order valence-electron chi connectivity index (χ3n) is 4.93. The first kappa shape index (κ1) is 15.1. The maximum atomic E-state index is 13.1. The third kappa shape index (κ3) is 2.75. The molecular formula is C19H18FNO3. The van der Waals surface area contributed by atoms with Gasteiger partial charge in [-0.25, -0.2) is 14.2 Å². The molecular weight excluding hydrogens is 309 g/mol. The molecule has 2 aliphatic rings. The van der Waals surface area contributed by atoms with Gasteiger partial charge >= 0.3 is 5.97 Å². The van der Waals surface area contributed by atoms with E-state index in [0.717, 1.165) is 5.56 Å². The van der Waals surface area contributed by atoms with Crippen LogP contribution in [0.5, 0.6) is 5.75 Å². The molecule has 2 saturated carbocycles. The average molecular weight is 327 g/mol. The van der Waals surface area contributed by atoms with Crippen molar-refractivity contribution >= 4 is 5.97 Å². The molecule has 3 atom stereocenters. The van der Waals surface area contributed by atoms with Gasteiger partial charge in [-0.3, -0.25) is 0 Å². The normalized spacial score (nSPS) is 24.3. The van der Waals surface area contributed by atoms with Gasteiger partial charge in [-0.15, -0.1) is 0 Å². The second kappa shape index (κ2) is 5.89. The number of aromatic nitrogens is 1. The summed E-state index contributed by atoms with van der Waals surface area (Å²) in [6, 6.07) is 9.42. The second-order valence-electron chi connectivity index (χ2n) is 6.41. The van der Waals surface area contributed by atoms with Crippen molar-refractivity contribution in [1.82, 2.24) is 4.98 Å². The van der Waals surface area contributed by atoms with E-state index < -0.39 is 5.97 Å². The van der Waals surface area contributed by atoms with Crippen molar-refractivity contribution in [2.45, 2.75) is 25.4 Å². The molecule has 0 N–H and O–H groups in total. The van der Waals surface area contributed by atoms with Crippen LogP contribution in [0.3, 0.4) is 0 Å². The van der Waals surface area contributed by atoms with Gasteiger partial charge in [0.05, 0.1) is 12.8 Å². The number of carbonyl (C=O) groups is 1. The molecule has 0 amide bonds. The first-order valence-electron chi connectivity index (χ1n) is 8.19. The number of rotatable bonds is 4. The summed E-state index contributed by atoms with van der Waals surface area (Å²) >= 11 is 0. The van der Waals surface area contributed by atoms with Crippen LogP contribution in [0, 0.1) is 17.7 Å². The van der Waals surface area contributed by atoms with E-state index in [1.807, 2.05) is 0 Å². The van der Waals surface area contributed by atoms with Crippen molar-refractivity contribution in [3.05, 3.63) is 47.9 Å². The number of esters is 1. The van der Waals surface area contributed by atoms with Crippen molar-refractivity contribution < 1.29 is 18.7 Å². The molecule has 4 nitrogen and oxygen atoms in total. The minimum absolute atomic E-state index is 0.195. The Kier molecular flexibility index (Phi) is 3.71. The quantitative estimate of drug-likeness (QED) is 0.800. The van der Waals surface area contributed by atoms with E-state index in [2.05, 4.69) is 4.98 Å². The number of hydrogen-bond donors (Lipinski definition) is 0.